The van der Waals surface area contributed by atoms with Crippen molar-refractivity contribution in [2.24, 2.45) is 13.0 Å². The zero-order valence-electron chi connectivity index (χ0n) is 15.0. The number of likely N-dealkylation sites (tertiary alicyclic amines) is 1. The molecule has 0 aliphatic carbocycles. The normalized spacial score (nSPS) is 20.3. The molecular formula is C18H25N5O2. The Hall–Kier alpha value is -2.41. The third kappa shape index (κ3) is 3.82. The van der Waals surface area contributed by atoms with Crippen LogP contribution < -0.4 is 5.32 Å². The monoisotopic (exact) mass is 343 g/mol. The molecule has 1 saturated heterocycles. The lowest BCUT2D eigenvalue weighted by atomic mass is 9.95. The second-order valence-electron chi connectivity index (χ2n) is 6.51. The van der Waals surface area contributed by atoms with E-state index in [4.69, 9.17) is 4.74 Å². The number of pyridine rings is 1. The van der Waals surface area contributed by atoms with Crippen LogP contribution in [0.15, 0.2) is 30.9 Å². The number of amides is 1. The zero-order valence-corrected chi connectivity index (χ0v) is 15.0. The summed E-state index contributed by atoms with van der Waals surface area (Å²) in [6, 6.07) is 1.99. The van der Waals surface area contributed by atoms with E-state index in [-0.39, 0.29) is 17.9 Å². The van der Waals surface area contributed by atoms with Crippen molar-refractivity contribution >= 4 is 11.6 Å². The highest BCUT2D eigenvalue weighted by Crippen LogP contribution is 2.38. The van der Waals surface area contributed by atoms with Gasteiger partial charge in [-0.2, -0.15) is 5.10 Å². The molecule has 1 N–H and O–H groups in total. The number of aromatic nitrogens is 3. The Morgan fingerprint density at radius 1 is 1.40 bits per heavy atom. The van der Waals surface area contributed by atoms with Crippen molar-refractivity contribution in [1.82, 2.24) is 19.7 Å². The van der Waals surface area contributed by atoms with Gasteiger partial charge < -0.3 is 15.0 Å². The van der Waals surface area contributed by atoms with Gasteiger partial charge in [-0.3, -0.25) is 14.5 Å². The number of carbonyl (C=O) groups is 1. The van der Waals surface area contributed by atoms with E-state index in [1.807, 2.05) is 43.5 Å². The number of rotatable bonds is 7. The Labute approximate surface area is 148 Å². The predicted molar refractivity (Wildman–Crippen MR) is 95.1 cm³/mol. The molecular weight excluding hydrogens is 318 g/mol. The third-order valence-corrected chi connectivity index (χ3v) is 4.72. The average molecular weight is 343 g/mol. The molecule has 0 radical (unpaired) electrons. The van der Waals surface area contributed by atoms with Crippen LogP contribution in [0, 0.1) is 12.8 Å². The molecule has 7 heteroatoms. The summed E-state index contributed by atoms with van der Waals surface area (Å²) in [5.41, 5.74) is 3.23. The van der Waals surface area contributed by atoms with E-state index < -0.39 is 0 Å². The largest absolute Gasteiger partial charge is 0.384 e. The van der Waals surface area contributed by atoms with E-state index in [1.54, 1.807) is 18.0 Å². The summed E-state index contributed by atoms with van der Waals surface area (Å²) in [5.74, 6) is 0.352. The van der Waals surface area contributed by atoms with Gasteiger partial charge in [-0.1, -0.05) is 0 Å². The van der Waals surface area contributed by atoms with Crippen LogP contribution in [0.4, 0.5) is 5.69 Å². The Balaban J connectivity index is 1.78. The van der Waals surface area contributed by atoms with Crippen molar-refractivity contribution in [2.75, 3.05) is 32.1 Å². The van der Waals surface area contributed by atoms with Crippen LogP contribution in [-0.2, 0) is 16.6 Å². The van der Waals surface area contributed by atoms with E-state index in [2.05, 4.69) is 15.4 Å². The van der Waals surface area contributed by atoms with Gasteiger partial charge >= 0.3 is 0 Å². The highest BCUT2D eigenvalue weighted by molar-refractivity contribution is 5.79. The van der Waals surface area contributed by atoms with Crippen LogP contribution in [-0.4, -0.2) is 52.4 Å². The first-order chi connectivity index (χ1) is 12.1. The fourth-order valence-electron chi connectivity index (χ4n) is 3.46. The number of hydrogen-bond donors (Lipinski definition) is 1. The second-order valence-corrected chi connectivity index (χ2v) is 6.51. The number of hydrogen-bond acceptors (Lipinski definition) is 5. The van der Waals surface area contributed by atoms with Crippen molar-refractivity contribution in [2.45, 2.75) is 19.4 Å². The highest BCUT2D eigenvalue weighted by Gasteiger charge is 2.40. The van der Waals surface area contributed by atoms with Gasteiger partial charge in [0.2, 0.25) is 5.91 Å². The standard InChI is InChI=1S/C18H25N5O2/c1-13-9-19-5-4-16(13)20-10-14-8-17(24)23(6-7-25-3)18(14)15-11-21-22(2)12-15/h4-5,9,11-12,14,18H,6-8,10H2,1-3H3,(H,19,20)/t14-,18+/m0/s1. The highest BCUT2D eigenvalue weighted by atomic mass is 16.5. The lowest BCUT2D eigenvalue weighted by Gasteiger charge is -2.27. The minimum absolute atomic E-state index is 0.0194. The van der Waals surface area contributed by atoms with Crippen LogP contribution in [0.5, 0.6) is 0 Å². The maximum atomic E-state index is 12.6. The molecule has 3 heterocycles. The molecule has 2 aromatic rings. The number of nitrogens with one attached hydrogen (secondary N) is 1. The lowest BCUT2D eigenvalue weighted by molar-refractivity contribution is -0.129. The summed E-state index contributed by atoms with van der Waals surface area (Å²) in [4.78, 5) is 18.6. The van der Waals surface area contributed by atoms with Crippen LogP contribution in [0.3, 0.4) is 0 Å². The Kier molecular flexibility index (Phi) is 5.33. The summed E-state index contributed by atoms with van der Waals surface area (Å²) in [6.45, 7) is 3.88. The van der Waals surface area contributed by atoms with Crippen LogP contribution in [0.1, 0.15) is 23.6 Å². The van der Waals surface area contributed by atoms with Crippen molar-refractivity contribution in [1.29, 1.82) is 0 Å². The maximum Gasteiger partial charge on any atom is 0.223 e. The Morgan fingerprint density at radius 3 is 2.92 bits per heavy atom. The fraction of sp³-hybridized carbons (Fsp3) is 0.500. The summed E-state index contributed by atoms with van der Waals surface area (Å²) >= 11 is 0. The van der Waals surface area contributed by atoms with E-state index in [1.165, 1.54) is 0 Å². The molecule has 1 fully saturated rings. The predicted octanol–water partition coefficient (Wildman–Crippen LogP) is 1.77. The van der Waals surface area contributed by atoms with Gasteiger partial charge in [0.15, 0.2) is 0 Å². The van der Waals surface area contributed by atoms with Gasteiger partial charge in [0, 0.05) is 69.4 Å². The summed E-state index contributed by atoms with van der Waals surface area (Å²) in [6.07, 6.45) is 7.99. The van der Waals surface area contributed by atoms with E-state index in [9.17, 15) is 4.79 Å². The van der Waals surface area contributed by atoms with E-state index in [0.29, 0.717) is 19.6 Å². The number of ether oxygens (including phenoxy) is 1. The first-order valence-electron chi connectivity index (χ1n) is 8.51. The number of carbonyl (C=O) groups excluding carboxylic acids is 1. The molecule has 25 heavy (non-hydrogen) atoms. The summed E-state index contributed by atoms with van der Waals surface area (Å²) in [5, 5.41) is 7.77. The van der Waals surface area contributed by atoms with Gasteiger partial charge in [-0.05, 0) is 18.6 Å². The number of aryl methyl sites for hydroxylation is 2. The van der Waals surface area contributed by atoms with Gasteiger partial charge in [0.25, 0.3) is 0 Å². The second kappa shape index (κ2) is 7.65. The minimum Gasteiger partial charge on any atom is -0.384 e. The van der Waals surface area contributed by atoms with Gasteiger partial charge in [-0.25, -0.2) is 0 Å². The van der Waals surface area contributed by atoms with Crippen molar-refractivity contribution in [3.8, 4) is 0 Å². The molecule has 1 aliphatic heterocycles. The van der Waals surface area contributed by atoms with Crippen LogP contribution in [0.25, 0.3) is 0 Å². The van der Waals surface area contributed by atoms with Crippen molar-refractivity contribution < 1.29 is 9.53 Å². The van der Waals surface area contributed by atoms with Crippen molar-refractivity contribution in [3.63, 3.8) is 0 Å². The smallest absolute Gasteiger partial charge is 0.223 e. The van der Waals surface area contributed by atoms with Gasteiger partial charge in [0.05, 0.1) is 18.8 Å². The first-order valence-corrected chi connectivity index (χ1v) is 8.51. The van der Waals surface area contributed by atoms with E-state index in [0.717, 1.165) is 23.4 Å². The molecule has 2 atom stereocenters. The molecule has 0 bridgehead atoms. The molecule has 0 saturated carbocycles. The molecule has 3 rings (SSSR count). The molecule has 0 unspecified atom stereocenters. The quantitative estimate of drug-likeness (QED) is 0.829. The van der Waals surface area contributed by atoms with Gasteiger partial charge in [-0.15, -0.1) is 0 Å². The minimum atomic E-state index is 0.0194. The number of anilines is 1. The molecule has 134 valence electrons. The zero-order chi connectivity index (χ0) is 17.8. The maximum absolute atomic E-state index is 12.6. The van der Waals surface area contributed by atoms with Gasteiger partial charge in [0.1, 0.15) is 0 Å². The molecule has 0 spiro atoms. The number of nitrogens with zero attached hydrogens (tertiary/aromatic N) is 4. The number of methoxy groups -OCH3 is 1. The van der Waals surface area contributed by atoms with Crippen molar-refractivity contribution in [3.05, 3.63) is 42.0 Å². The molecule has 1 amide bonds. The third-order valence-electron chi connectivity index (χ3n) is 4.72. The summed E-state index contributed by atoms with van der Waals surface area (Å²) in [7, 11) is 3.55. The summed E-state index contributed by atoms with van der Waals surface area (Å²) < 4.78 is 6.97. The topological polar surface area (TPSA) is 72.3 Å². The SMILES string of the molecule is COCCN1C(=O)C[C@@H](CNc2ccncc2C)[C@@H]1c1cnn(C)c1. The molecule has 1 aliphatic rings. The van der Waals surface area contributed by atoms with Crippen LogP contribution in [0.2, 0.25) is 0 Å². The van der Waals surface area contributed by atoms with Crippen LogP contribution >= 0.6 is 0 Å². The average Bonchev–Trinajstić information content (AvgIpc) is 3.15. The Morgan fingerprint density at radius 2 is 2.24 bits per heavy atom. The lowest BCUT2D eigenvalue weighted by Crippen LogP contribution is -2.33. The molecule has 0 aromatic carbocycles. The molecule has 2 aromatic heterocycles. The first kappa shape index (κ1) is 17.4. The fourth-order valence-corrected chi connectivity index (χ4v) is 3.46. The van der Waals surface area contributed by atoms with E-state index >= 15 is 0 Å². The molecule has 7 nitrogen and oxygen atoms in total. The Bertz CT molecular complexity index is 730.